The summed E-state index contributed by atoms with van der Waals surface area (Å²) in [5.41, 5.74) is 4.55. The highest BCUT2D eigenvalue weighted by Gasteiger charge is 2.29. The summed E-state index contributed by atoms with van der Waals surface area (Å²) in [5.74, 6) is -1.58. The summed E-state index contributed by atoms with van der Waals surface area (Å²) in [6.45, 7) is 3.42. The van der Waals surface area contributed by atoms with Gasteiger partial charge in [0.05, 0.1) is 0 Å². The second-order valence-electron chi connectivity index (χ2n) is 7.41. The van der Waals surface area contributed by atoms with E-state index in [9.17, 15) is 14.4 Å². The van der Waals surface area contributed by atoms with Crippen molar-refractivity contribution in [3.05, 3.63) is 59.7 Å². The van der Waals surface area contributed by atoms with Crippen LogP contribution in [0.2, 0.25) is 0 Å². The van der Waals surface area contributed by atoms with Crippen LogP contribution in [-0.2, 0) is 14.3 Å². The van der Waals surface area contributed by atoms with E-state index in [0.717, 1.165) is 22.3 Å². The van der Waals surface area contributed by atoms with Gasteiger partial charge in [0.2, 0.25) is 5.91 Å². The molecule has 7 nitrogen and oxygen atoms in total. The van der Waals surface area contributed by atoms with Gasteiger partial charge in [0, 0.05) is 18.4 Å². The summed E-state index contributed by atoms with van der Waals surface area (Å²) in [6, 6.07) is 14.7. The van der Waals surface area contributed by atoms with Gasteiger partial charge in [-0.05, 0) is 35.6 Å². The van der Waals surface area contributed by atoms with Gasteiger partial charge in [-0.1, -0.05) is 55.5 Å². The lowest BCUT2D eigenvalue weighted by molar-refractivity contribution is -0.141. The molecule has 2 aromatic carbocycles. The summed E-state index contributed by atoms with van der Waals surface area (Å²) in [5, 5.41) is 14.0. The van der Waals surface area contributed by atoms with E-state index in [-0.39, 0.29) is 18.9 Å². The maximum atomic E-state index is 12.3. The summed E-state index contributed by atoms with van der Waals surface area (Å²) < 4.78 is 5.50. The van der Waals surface area contributed by atoms with Crippen LogP contribution in [-0.4, -0.2) is 41.8 Å². The van der Waals surface area contributed by atoms with Gasteiger partial charge in [-0.15, -0.1) is 0 Å². The number of nitrogens with one attached hydrogen (secondary N) is 2. The van der Waals surface area contributed by atoms with E-state index in [4.69, 9.17) is 9.84 Å². The molecule has 30 heavy (non-hydrogen) atoms. The normalized spacial score (nSPS) is 14.2. The molecule has 0 unspecified atom stereocenters. The summed E-state index contributed by atoms with van der Waals surface area (Å²) in [6.07, 6.45) is -0.0972. The average molecular weight is 410 g/mol. The topological polar surface area (TPSA) is 105 Å². The van der Waals surface area contributed by atoms with Crippen LogP contribution in [0.15, 0.2) is 48.5 Å². The zero-order valence-electron chi connectivity index (χ0n) is 17.1. The molecular formula is C23H26N2O5. The predicted octanol–water partition coefficient (Wildman–Crippen LogP) is 3.28. The number of hydrogen-bond donors (Lipinski definition) is 3. The molecule has 2 aromatic rings. The summed E-state index contributed by atoms with van der Waals surface area (Å²) in [7, 11) is 0. The Morgan fingerprint density at radius 2 is 1.57 bits per heavy atom. The molecule has 158 valence electrons. The molecule has 0 saturated carbocycles. The number of fused-ring (bicyclic) bond motifs is 3. The number of carboxylic acid groups (broad SMARTS) is 1. The van der Waals surface area contributed by atoms with Crippen molar-refractivity contribution in [3.8, 4) is 11.1 Å². The van der Waals surface area contributed by atoms with Gasteiger partial charge in [-0.25, -0.2) is 4.79 Å². The van der Waals surface area contributed by atoms with Gasteiger partial charge in [0.25, 0.3) is 0 Å². The lowest BCUT2D eigenvalue weighted by Crippen LogP contribution is -2.43. The Bertz CT molecular complexity index is 897. The number of carboxylic acids is 1. The lowest BCUT2D eigenvalue weighted by Gasteiger charge is -2.19. The molecule has 1 aliphatic carbocycles. The maximum absolute atomic E-state index is 12.3. The molecule has 0 spiro atoms. The number of rotatable bonds is 8. The van der Waals surface area contributed by atoms with Gasteiger partial charge < -0.3 is 20.5 Å². The minimum atomic E-state index is -1.11. The predicted molar refractivity (Wildman–Crippen MR) is 112 cm³/mol. The van der Waals surface area contributed by atoms with Crippen LogP contribution in [0.3, 0.4) is 0 Å². The second kappa shape index (κ2) is 9.43. The van der Waals surface area contributed by atoms with Gasteiger partial charge >= 0.3 is 12.1 Å². The third-order valence-corrected chi connectivity index (χ3v) is 5.34. The average Bonchev–Trinajstić information content (AvgIpc) is 3.05. The number of benzene rings is 2. The van der Waals surface area contributed by atoms with Gasteiger partial charge in [-0.2, -0.15) is 0 Å². The van der Waals surface area contributed by atoms with Crippen molar-refractivity contribution in [3.63, 3.8) is 0 Å². The third-order valence-electron chi connectivity index (χ3n) is 5.34. The SMILES string of the molecule is CC[C@H](CC(=O)N[C@H](C)C(=O)O)NC(=O)OCC1c2ccccc2-c2ccccc21. The molecule has 2 atom stereocenters. The van der Waals surface area contributed by atoms with Crippen LogP contribution in [0.1, 0.15) is 43.7 Å². The first-order chi connectivity index (χ1) is 14.4. The molecule has 0 aliphatic heterocycles. The minimum absolute atomic E-state index is 0.0156. The van der Waals surface area contributed by atoms with Crippen molar-refractivity contribution in [2.75, 3.05) is 6.61 Å². The molecular weight excluding hydrogens is 384 g/mol. The second-order valence-corrected chi connectivity index (χ2v) is 7.41. The molecule has 0 saturated heterocycles. The molecule has 3 rings (SSSR count). The van der Waals surface area contributed by atoms with Crippen LogP contribution in [0.25, 0.3) is 11.1 Å². The number of hydrogen-bond acceptors (Lipinski definition) is 4. The van der Waals surface area contributed by atoms with E-state index in [1.165, 1.54) is 6.92 Å². The Kier molecular flexibility index (Phi) is 6.72. The smallest absolute Gasteiger partial charge is 0.407 e. The monoisotopic (exact) mass is 410 g/mol. The van der Waals surface area contributed by atoms with Gasteiger partial charge in [-0.3, -0.25) is 9.59 Å². The fourth-order valence-corrected chi connectivity index (χ4v) is 3.69. The molecule has 0 aromatic heterocycles. The van der Waals surface area contributed by atoms with E-state index in [2.05, 4.69) is 22.8 Å². The fraction of sp³-hybridized carbons (Fsp3) is 0.348. The Labute approximate surface area is 175 Å². The van der Waals surface area contributed by atoms with Crippen molar-refractivity contribution >= 4 is 18.0 Å². The van der Waals surface area contributed by atoms with Crippen molar-refractivity contribution in [2.45, 2.75) is 44.7 Å². The number of carbonyl (C=O) groups excluding carboxylic acids is 2. The number of amides is 2. The molecule has 0 bridgehead atoms. The quantitative estimate of drug-likeness (QED) is 0.619. The first kappa shape index (κ1) is 21.4. The van der Waals surface area contributed by atoms with Crippen LogP contribution >= 0.6 is 0 Å². The zero-order valence-corrected chi connectivity index (χ0v) is 17.1. The summed E-state index contributed by atoms with van der Waals surface area (Å²) in [4.78, 5) is 35.2. The Morgan fingerprint density at radius 3 is 2.10 bits per heavy atom. The lowest BCUT2D eigenvalue weighted by atomic mass is 9.98. The highest BCUT2D eigenvalue weighted by Crippen LogP contribution is 2.44. The Balaban J connectivity index is 1.58. The standard InChI is InChI=1S/C23H26N2O5/c1-3-15(12-21(26)24-14(2)22(27)28)25-23(29)30-13-20-18-10-6-4-8-16(18)17-9-5-7-11-19(17)20/h4-11,14-15,20H,3,12-13H2,1-2H3,(H,24,26)(H,25,29)(H,27,28)/t14-,15-/m1/s1. The van der Waals surface area contributed by atoms with E-state index in [0.29, 0.717) is 6.42 Å². The minimum Gasteiger partial charge on any atom is -0.480 e. The molecule has 0 fully saturated rings. The molecule has 0 radical (unpaired) electrons. The third kappa shape index (κ3) is 4.79. The van der Waals surface area contributed by atoms with E-state index >= 15 is 0 Å². The molecule has 1 aliphatic rings. The highest BCUT2D eigenvalue weighted by molar-refractivity contribution is 5.84. The van der Waals surface area contributed by atoms with Gasteiger partial charge in [0.15, 0.2) is 0 Å². The molecule has 2 amide bonds. The van der Waals surface area contributed by atoms with Crippen molar-refractivity contribution in [2.24, 2.45) is 0 Å². The van der Waals surface area contributed by atoms with Crippen molar-refractivity contribution in [1.82, 2.24) is 10.6 Å². The van der Waals surface area contributed by atoms with Crippen LogP contribution in [0.4, 0.5) is 4.79 Å². The number of alkyl carbamates (subject to hydrolysis) is 1. The Morgan fingerprint density at radius 1 is 1.00 bits per heavy atom. The van der Waals surface area contributed by atoms with Crippen molar-refractivity contribution < 1.29 is 24.2 Å². The van der Waals surface area contributed by atoms with Gasteiger partial charge in [0.1, 0.15) is 12.6 Å². The van der Waals surface area contributed by atoms with Crippen molar-refractivity contribution in [1.29, 1.82) is 0 Å². The van der Waals surface area contributed by atoms with E-state index in [1.807, 2.05) is 43.3 Å². The molecule has 0 heterocycles. The maximum Gasteiger partial charge on any atom is 0.407 e. The first-order valence-corrected chi connectivity index (χ1v) is 10.0. The summed E-state index contributed by atoms with van der Waals surface area (Å²) >= 11 is 0. The van der Waals surface area contributed by atoms with Crippen LogP contribution < -0.4 is 10.6 Å². The zero-order chi connectivity index (χ0) is 21.7. The molecule has 3 N–H and O–H groups in total. The van der Waals surface area contributed by atoms with E-state index in [1.54, 1.807) is 0 Å². The fourth-order valence-electron chi connectivity index (χ4n) is 3.69. The van der Waals surface area contributed by atoms with E-state index < -0.39 is 30.1 Å². The highest BCUT2D eigenvalue weighted by atomic mass is 16.5. The number of carbonyl (C=O) groups is 3. The van der Waals surface area contributed by atoms with Crippen LogP contribution in [0, 0.1) is 0 Å². The first-order valence-electron chi connectivity index (χ1n) is 10.0. The number of aliphatic carboxylic acids is 1. The Hall–Kier alpha value is -3.35. The van der Waals surface area contributed by atoms with Crippen LogP contribution in [0.5, 0.6) is 0 Å². The molecule has 7 heteroatoms. The number of ether oxygens (including phenoxy) is 1. The largest absolute Gasteiger partial charge is 0.480 e.